The highest BCUT2D eigenvalue weighted by atomic mass is 32.2. The van der Waals surface area contributed by atoms with Crippen molar-refractivity contribution >= 4 is 9.84 Å². The van der Waals surface area contributed by atoms with Gasteiger partial charge in [0.15, 0.2) is 9.84 Å². The topological polar surface area (TPSA) is 55.4 Å². The van der Waals surface area contributed by atoms with Gasteiger partial charge in [-0.15, -0.1) is 0 Å². The lowest BCUT2D eigenvalue weighted by molar-refractivity contribution is -0.137. The molecule has 1 aliphatic heterocycles. The molecule has 1 N–H and O–H groups in total. The standard InChI is InChI=1S/C17H24F3NO3S/c1-12(2)25(22,23)10-8-16(13-7-9-21-11-13)24-15-5-3-14(4-6-15)17(18,19)20/h3-6,12-13,16,21H,7-11H2,1-2H3/t13-,16?/m0/s1. The summed E-state index contributed by atoms with van der Waals surface area (Å²) in [7, 11) is -3.19. The van der Waals surface area contributed by atoms with Crippen molar-refractivity contribution in [2.45, 2.75) is 44.2 Å². The first kappa shape index (κ1) is 20.0. The van der Waals surface area contributed by atoms with Gasteiger partial charge in [-0.3, -0.25) is 0 Å². The van der Waals surface area contributed by atoms with Crippen molar-refractivity contribution < 1.29 is 26.3 Å². The van der Waals surface area contributed by atoms with Gasteiger partial charge < -0.3 is 10.1 Å². The van der Waals surface area contributed by atoms with E-state index in [2.05, 4.69) is 5.32 Å². The number of hydrogen-bond acceptors (Lipinski definition) is 4. The molecular formula is C17H24F3NO3S. The van der Waals surface area contributed by atoms with Gasteiger partial charge in [-0.2, -0.15) is 13.2 Å². The van der Waals surface area contributed by atoms with Gasteiger partial charge in [-0.05, 0) is 57.5 Å². The number of hydrogen-bond donors (Lipinski definition) is 1. The number of rotatable bonds is 7. The molecule has 0 spiro atoms. The quantitative estimate of drug-likeness (QED) is 0.790. The second kappa shape index (κ2) is 7.95. The second-order valence-corrected chi connectivity index (χ2v) is 9.31. The maximum absolute atomic E-state index is 12.6. The predicted molar refractivity (Wildman–Crippen MR) is 90.4 cm³/mol. The molecule has 0 amide bonds. The first-order valence-electron chi connectivity index (χ1n) is 8.36. The Morgan fingerprint density at radius 2 is 1.88 bits per heavy atom. The van der Waals surface area contributed by atoms with Crippen LogP contribution >= 0.6 is 0 Å². The van der Waals surface area contributed by atoms with Crippen molar-refractivity contribution in [3.8, 4) is 5.75 Å². The molecular weight excluding hydrogens is 355 g/mol. The number of ether oxygens (including phenoxy) is 1. The Bertz CT molecular complexity index is 651. The van der Waals surface area contributed by atoms with Crippen LogP contribution in [0.25, 0.3) is 0 Å². The Morgan fingerprint density at radius 1 is 1.24 bits per heavy atom. The van der Waals surface area contributed by atoms with Crippen LogP contribution in [0.3, 0.4) is 0 Å². The zero-order chi connectivity index (χ0) is 18.7. The monoisotopic (exact) mass is 379 g/mol. The van der Waals surface area contributed by atoms with E-state index in [0.29, 0.717) is 18.7 Å². The summed E-state index contributed by atoms with van der Waals surface area (Å²) in [6, 6.07) is 4.53. The van der Waals surface area contributed by atoms with Gasteiger partial charge in [0.2, 0.25) is 0 Å². The van der Waals surface area contributed by atoms with E-state index in [1.807, 2.05) is 0 Å². The van der Waals surface area contributed by atoms with Crippen molar-refractivity contribution in [1.29, 1.82) is 0 Å². The zero-order valence-corrected chi connectivity index (χ0v) is 15.2. The third-order valence-corrected chi connectivity index (χ3v) is 6.74. The van der Waals surface area contributed by atoms with E-state index in [1.165, 1.54) is 12.1 Å². The maximum Gasteiger partial charge on any atom is 0.416 e. The van der Waals surface area contributed by atoms with E-state index in [1.54, 1.807) is 13.8 Å². The van der Waals surface area contributed by atoms with Crippen LogP contribution in [-0.2, 0) is 16.0 Å². The molecule has 0 aromatic heterocycles. The van der Waals surface area contributed by atoms with Gasteiger partial charge in [0.1, 0.15) is 11.9 Å². The summed E-state index contributed by atoms with van der Waals surface area (Å²) in [4.78, 5) is 0. The van der Waals surface area contributed by atoms with Crippen molar-refractivity contribution in [1.82, 2.24) is 5.32 Å². The summed E-state index contributed by atoms with van der Waals surface area (Å²) in [5.74, 6) is 0.475. The summed E-state index contributed by atoms with van der Waals surface area (Å²) >= 11 is 0. The third-order valence-electron chi connectivity index (χ3n) is 4.50. The number of nitrogens with one attached hydrogen (secondary N) is 1. The Kier molecular flexibility index (Phi) is 6.37. The molecule has 0 radical (unpaired) electrons. The fraction of sp³-hybridized carbons (Fsp3) is 0.647. The molecule has 1 fully saturated rings. The fourth-order valence-electron chi connectivity index (χ4n) is 2.80. The average molecular weight is 379 g/mol. The number of halogens is 3. The first-order chi connectivity index (χ1) is 11.6. The minimum atomic E-state index is -4.39. The molecule has 1 saturated heterocycles. The van der Waals surface area contributed by atoms with Crippen LogP contribution in [0.5, 0.6) is 5.75 Å². The third kappa shape index (κ3) is 5.60. The molecule has 1 aromatic carbocycles. The maximum atomic E-state index is 12.6. The normalized spacial score (nSPS) is 20.0. The zero-order valence-electron chi connectivity index (χ0n) is 14.3. The van der Waals surface area contributed by atoms with E-state index in [0.717, 1.165) is 25.1 Å². The predicted octanol–water partition coefficient (Wildman–Crippen LogP) is 3.28. The molecule has 142 valence electrons. The molecule has 0 aliphatic carbocycles. The van der Waals surface area contributed by atoms with Gasteiger partial charge in [-0.1, -0.05) is 0 Å². The van der Waals surface area contributed by atoms with Gasteiger partial charge in [-0.25, -0.2) is 8.42 Å². The number of sulfone groups is 1. The largest absolute Gasteiger partial charge is 0.490 e. The minimum Gasteiger partial charge on any atom is -0.490 e. The molecule has 1 aliphatic rings. The Labute approximate surface area is 146 Å². The highest BCUT2D eigenvalue weighted by molar-refractivity contribution is 7.91. The lowest BCUT2D eigenvalue weighted by Gasteiger charge is -2.25. The van der Waals surface area contributed by atoms with E-state index in [4.69, 9.17) is 4.74 Å². The molecule has 8 heteroatoms. The molecule has 0 saturated carbocycles. The second-order valence-electron chi connectivity index (χ2n) is 6.64. The Hall–Kier alpha value is -1.28. The highest BCUT2D eigenvalue weighted by Crippen LogP contribution is 2.31. The highest BCUT2D eigenvalue weighted by Gasteiger charge is 2.31. The van der Waals surface area contributed by atoms with Crippen molar-refractivity contribution in [3.05, 3.63) is 29.8 Å². The molecule has 1 aromatic rings. The first-order valence-corrected chi connectivity index (χ1v) is 10.1. The van der Waals surface area contributed by atoms with Crippen LogP contribution in [0.4, 0.5) is 13.2 Å². The van der Waals surface area contributed by atoms with Gasteiger partial charge in [0, 0.05) is 12.5 Å². The summed E-state index contributed by atoms with van der Waals surface area (Å²) in [6.07, 6.45) is -3.56. The molecule has 1 heterocycles. The molecule has 2 rings (SSSR count). The van der Waals surface area contributed by atoms with E-state index >= 15 is 0 Å². The van der Waals surface area contributed by atoms with Crippen LogP contribution in [0.15, 0.2) is 24.3 Å². The van der Waals surface area contributed by atoms with Crippen LogP contribution < -0.4 is 10.1 Å². The summed E-state index contributed by atoms with van der Waals surface area (Å²) in [5, 5.41) is 2.75. The van der Waals surface area contributed by atoms with Gasteiger partial charge in [0.05, 0.1) is 16.6 Å². The van der Waals surface area contributed by atoms with E-state index in [-0.39, 0.29) is 17.8 Å². The number of benzene rings is 1. The summed E-state index contributed by atoms with van der Waals surface area (Å²) in [5.41, 5.74) is -0.735. The summed E-state index contributed by atoms with van der Waals surface area (Å²) in [6.45, 7) is 4.82. The lowest BCUT2D eigenvalue weighted by atomic mass is 9.99. The van der Waals surface area contributed by atoms with Crippen molar-refractivity contribution in [2.75, 3.05) is 18.8 Å². The summed E-state index contributed by atoms with van der Waals surface area (Å²) < 4.78 is 67.9. The average Bonchev–Trinajstić information content (AvgIpc) is 3.05. The van der Waals surface area contributed by atoms with Crippen molar-refractivity contribution in [2.24, 2.45) is 5.92 Å². The fourth-order valence-corrected chi connectivity index (χ4v) is 3.83. The van der Waals surface area contributed by atoms with Crippen LogP contribution in [-0.4, -0.2) is 38.6 Å². The van der Waals surface area contributed by atoms with Crippen LogP contribution in [0.1, 0.15) is 32.3 Å². The minimum absolute atomic E-state index is 0.00642. The number of alkyl halides is 3. The van der Waals surface area contributed by atoms with Gasteiger partial charge in [0.25, 0.3) is 0 Å². The van der Waals surface area contributed by atoms with Gasteiger partial charge >= 0.3 is 6.18 Å². The van der Waals surface area contributed by atoms with Crippen LogP contribution in [0.2, 0.25) is 0 Å². The van der Waals surface area contributed by atoms with Crippen LogP contribution in [0, 0.1) is 5.92 Å². The smallest absolute Gasteiger partial charge is 0.416 e. The lowest BCUT2D eigenvalue weighted by Crippen LogP contribution is -2.32. The van der Waals surface area contributed by atoms with E-state index in [9.17, 15) is 21.6 Å². The van der Waals surface area contributed by atoms with Crippen molar-refractivity contribution in [3.63, 3.8) is 0 Å². The Balaban J connectivity index is 2.08. The molecule has 1 unspecified atom stereocenters. The SMILES string of the molecule is CC(C)S(=O)(=O)CCC(Oc1ccc(C(F)(F)F)cc1)[C@H]1CCNC1. The Morgan fingerprint density at radius 3 is 2.36 bits per heavy atom. The molecule has 4 nitrogen and oxygen atoms in total. The van der Waals surface area contributed by atoms with E-state index < -0.39 is 26.8 Å². The molecule has 25 heavy (non-hydrogen) atoms. The molecule has 0 bridgehead atoms. The molecule has 2 atom stereocenters.